The lowest BCUT2D eigenvalue weighted by atomic mass is 10.3. The molecule has 2 rings (SSSR count). The lowest BCUT2D eigenvalue weighted by Gasteiger charge is -2.14. The van der Waals surface area contributed by atoms with Crippen LogP contribution in [-0.4, -0.2) is 24.9 Å². The Balaban J connectivity index is 2.23. The van der Waals surface area contributed by atoms with Crippen molar-refractivity contribution in [2.45, 2.75) is 0 Å². The monoisotopic (exact) mass is 256 g/mol. The van der Waals surface area contributed by atoms with Crippen LogP contribution in [0.2, 0.25) is 0 Å². The first-order chi connectivity index (χ1) is 9.06. The van der Waals surface area contributed by atoms with Crippen LogP contribution in [0, 0.1) is 5.41 Å². The fourth-order valence-corrected chi connectivity index (χ4v) is 1.58. The summed E-state index contributed by atoms with van der Waals surface area (Å²) in [7, 11) is 3.94. The van der Waals surface area contributed by atoms with E-state index in [1.54, 1.807) is 18.3 Å². The zero-order chi connectivity index (χ0) is 13.8. The standard InChI is InChI=1S/C14H16N4O/c1-18(2)10-4-3-5-11(8-10)19-12-6-7-17-13(9-12)14(15)16/h3-9H,1-2H3,(H3,15,16). The third kappa shape index (κ3) is 3.22. The molecule has 0 saturated heterocycles. The molecule has 0 aliphatic heterocycles. The molecule has 0 spiro atoms. The van der Waals surface area contributed by atoms with E-state index in [0.29, 0.717) is 11.4 Å². The molecule has 0 amide bonds. The van der Waals surface area contributed by atoms with Gasteiger partial charge >= 0.3 is 0 Å². The summed E-state index contributed by atoms with van der Waals surface area (Å²) in [5.74, 6) is 1.26. The summed E-state index contributed by atoms with van der Waals surface area (Å²) in [6.07, 6.45) is 1.57. The van der Waals surface area contributed by atoms with Crippen molar-refractivity contribution in [3.63, 3.8) is 0 Å². The van der Waals surface area contributed by atoms with Crippen LogP contribution >= 0.6 is 0 Å². The average Bonchev–Trinajstić information content (AvgIpc) is 2.39. The van der Waals surface area contributed by atoms with Gasteiger partial charge < -0.3 is 15.4 Å². The van der Waals surface area contributed by atoms with Crippen LogP contribution < -0.4 is 15.4 Å². The van der Waals surface area contributed by atoms with Crippen LogP contribution in [0.5, 0.6) is 11.5 Å². The summed E-state index contributed by atoms with van der Waals surface area (Å²) < 4.78 is 5.74. The summed E-state index contributed by atoms with van der Waals surface area (Å²) in [4.78, 5) is 5.99. The topological polar surface area (TPSA) is 75.2 Å². The molecule has 2 aromatic rings. The molecule has 0 radical (unpaired) electrons. The molecule has 1 aromatic carbocycles. The smallest absolute Gasteiger partial charge is 0.141 e. The molecule has 5 heteroatoms. The molecule has 0 fully saturated rings. The lowest BCUT2D eigenvalue weighted by molar-refractivity contribution is 0.482. The van der Waals surface area contributed by atoms with Crippen molar-refractivity contribution in [2.24, 2.45) is 5.73 Å². The van der Waals surface area contributed by atoms with Crippen molar-refractivity contribution >= 4 is 11.5 Å². The van der Waals surface area contributed by atoms with Gasteiger partial charge in [0.2, 0.25) is 0 Å². The van der Waals surface area contributed by atoms with Crippen LogP contribution in [0.25, 0.3) is 0 Å². The maximum Gasteiger partial charge on any atom is 0.141 e. The minimum Gasteiger partial charge on any atom is -0.457 e. The minimum atomic E-state index is -0.0764. The third-order valence-corrected chi connectivity index (χ3v) is 2.58. The summed E-state index contributed by atoms with van der Waals surface area (Å²) in [6, 6.07) is 11.1. The van der Waals surface area contributed by atoms with E-state index < -0.39 is 0 Å². The first-order valence-electron chi connectivity index (χ1n) is 5.82. The number of hydrogen-bond acceptors (Lipinski definition) is 4. The van der Waals surface area contributed by atoms with Gasteiger partial charge in [-0.15, -0.1) is 0 Å². The third-order valence-electron chi connectivity index (χ3n) is 2.58. The number of nitrogens with zero attached hydrogens (tertiary/aromatic N) is 2. The lowest BCUT2D eigenvalue weighted by Crippen LogP contribution is -2.12. The Morgan fingerprint density at radius 2 is 1.95 bits per heavy atom. The fourth-order valence-electron chi connectivity index (χ4n) is 1.58. The number of ether oxygens (including phenoxy) is 1. The molecule has 1 aromatic heterocycles. The predicted molar refractivity (Wildman–Crippen MR) is 76.1 cm³/mol. The highest BCUT2D eigenvalue weighted by Gasteiger charge is 2.03. The number of amidine groups is 1. The second kappa shape index (κ2) is 5.39. The normalized spacial score (nSPS) is 10.0. The maximum absolute atomic E-state index is 7.36. The SMILES string of the molecule is CN(C)c1cccc(Oc2ccnc(C(=N)N)c2)c1. The molecular formula is C14H16N4O. The van der Waals surface area contributed by atoms with Crippen molar-refractivity contribution in [3.8, 4) is 11.5 Å². The van der Waals surface area contributed by atoms with Crippen molar-refractivity contribution in [3.05, 3.63) is 48.3 Å². The van der Waals surface area contributed by atoms with Crippen molar-refractivity contribution in [1.82, 2.24) is 4.98 Å². The average molecular weight is 256 g/mol. The number of rotatable bonds is 4. The van der Waals surface area contributed by atoms with E-state index in [0.717, 1.165) is 11.4 Å². The van der Waals surface area contributed by atoms with Crippen molar-refractivity contribution in [2.75, 3.05) is 19.0 Å². The van der Waals surface area contributed by atoms with Gasteiger partial charge in [-0.25, -0.2) is 0 Å². The summed E-state index contributed by atoms with van der Waals surface area (Å²) in [5.41, 5.74) is 6.86. The van der Waals surface area contributed by atoms with E-state index in [1.807, 2.05) is 43.3 Å². The highest BCUT2D eigenvalue weighted by atomic mass is 16.5. The number of aromatic nitrogens is 1. The zero-order valence-corrected chi connectivity index (χ0v) is 10.9. The van der Waals surface area contributed by atoms with Crippen LogP contribution in [0.3, 0.4) is 0 Å². The maximum atomic E-state index is 7.36. The molecule has 0 bridgehead atoms. The van der Waals surface area contributed by atoms with Crippen molar-refractivity contribution < 1.29 is 4.74 Å². The van der Waals surface area contributed by atoms with E-state index >= 15 is 0 Å². The van der Waals surface area contributed by atoms with Gasteiger partial charge in [0.25, 0.3) is 0 Å². The quantitative estimate of drug-likeness (QED) is 0.649. The predicted octanol–water partition coefficient (Wildman–Crippen LogP) is 2.22. The zero-order valence-electron chi connectivity index (χ0n) is 10.9. The Hall–Kier alpha value is -2.56. The molecular weight excluding hydrogens is 240 g/mol. The molecule has 0 saturated carbocycles. The molecule has 1 heterocycles. The number of hydrogen-bond donors (Lipinski definition) is 2. The largest absolute Gasteiger partial charge is 0.457 e. The first kappa shape index (κ1) is 12.9. The van der Waals surface area contributed by atoms with E-state index in [-0.39, 0.29) is 5.84 Å². The van der Waals surface area contributed by atoms with Gasteiger partial charge in [-0.2, -0.15) is 0 Å². The van der Waals surface area contributed by atoms with Crippen LogP contribution in [-0.2, 0) is 0 Å². The van der Waals surface area contributed by atoms with Crippen LogP contribution in [0.15, 0.2) is 42.6 Å². The Kier molecular flexibility index (Phi) is 3.66. The Morgan fingerprint density at radius 1 is 1.21 bits per heavy atom. The van der Waals surface area contributed by atoms with Gasteiger partial charge in [0.15, 0.2) is 0 Å². The van der Waals surface area contributed by atoms with Gasteiger partial charge in [0.1, 0.15) is 23.0 Å². The fraction of sp³-hybridized carbons (Fsp3) is 0.143. The Bertz CT molecular complexity index is 596. The van der Waals surface area contributed by atoms with Crippen LogP contribution in [0.1, 0.15) is 5.69 Å². The molecule has 0 unspecified atom stereocenters. The second-order valence-corrected chi connectivity index (χ2v) is 4.28. The van der Waals surface area contributed by atoms with Crippen molar-refractivity contribution in [1.29, 1.82) is 5.41 Å². The van der Waals surface area contributed by atoms with E-state index in [4.69, 9.17) is 15.9 Å². The number of nitrogens with one attached hydrogen (secondary N) is 1. The van der Waals surface area contributed by atoms with Gasteiger partial charge in [0, 0.05) is 38.1 Å². The van der Waals surface area contributed by atoms with Crippen LogP contribution in [0.4, 0.5) is 5.69 Å². The molecule has 3 N–H and O–H groups in total. The van der Waals surface area contributed by atoms with E-state index in [1.165, 1.54) is 0 Å². The first-order valence-corrected chi connectivity index (χ1v) is 5.82. The second-order valence-electron chi connectivity index (χ2n) is 4.28. The van der Waals surface area contributed by atoms with E-state index in [9.17, 15) is 0 Å². The summed E-state index contributed by atoms with van der Waals surface area (Å²) in [5, 5.41) is 7.36. The van der Waals surface area contributed by atoms with Gasteiger partial charge in [-0.3, -0.25) is 10.4 Å². The van der Waals surface area contributed by atoms with Gasteiger partial charge in [0.05, 0.1) is 0 Å². The Labute approximate surface area is 112 Å². The van der Waals surface area contributed by atoms with Gasteiger partial charge in [-0.1, -0.05) is 6.07 Å². The highest BCUT2D eigenvalue weighted by molar-refractivity contribution is 5.93. The highest BCUT2D eigenvalue weighted by Crippen LogP contribution is 2.25. The minimum absolute atomic E-state index is 0.0764. The Morgan fingerprint density at radius 3 is 2.63 bits per heavy atom. The van der Waals surface area contributed by atoms with Gasteiger partial charge in [-0.05, 0) is 18.2 Å². The summed E-state index contributed by atoms with van der Waals surface area (Å²) >= 11 is 0. The number of anilines is 1. The molecule has 98 valence electrons. The van der Waals surface area contributed by atoms with E-state index in [2.05, 4.69) is 4.98 Å². The molecule has 19 heavy (non-hydrogen) atoms. The number of nitrogens with two attached hydrogens (primary N) is 1. The number of nitrogen functional groups attached to an aromatic ring is 1. The molecule has 0 aliphatic rings. The number of pyridine rings is 1. The molecule has 5 nitrogen and oxygen atoms in total. The molecule has 0 atom stereocenters. The number of benzene rings is 1. The summed E-state index contributed by atoms with van der Waals surface area (Å²) in [6.45, 7) is 0. The molecule has 0 aliphatic carbocycles.